The van der Waals surface area contributed by atoms with Crippen molar-refractivity contribution < 1.29 is 12.7 Å². The Bertz CT molecular complexity index is 642. The minimum absolute atomic E-state index is 0.163. The molecule has 2 atom stereocenters. The molecule has 1 N–H and O–H groups in total. The molecular weight excluding hydrogens is 373 g/mol. The normalized spacial score (nSPS) is 27.1. The van der Waals surface area contributed by atoms with Gasteiger partial charge in [-0.3, -0.25) is 9.69 Å². The van der Waals surface area contributed by atoms with Gasteiger partial charge < -0.3 is 8.38 Å². The second kappa shape index (κ2) is 4.63. The Balaban J connectivity index is 2.05. The van der Waals surface area contributed by atoms with Gasteiger partial charge in [0.05, 0.1) is 11.5 Å². The summed E-state index contributed by atoms with van der Waals surface area (Å²) < 4.78 is 4.67. The summed E-state index contributed by atoms with van der Waals surface area (Å²) in [6, 6.07) is 8.79. The number of amides is 2. The van der Waals surface area contributed by atoms with Crippen LogP contribution in [-0.4, -0.2) is 29.5 Å². The predicted molar refractivity (Wildman–Crippen MR) is 78.0 cm³/mol. The molecule has 3 rings (SSSR count). The van der Waals surface area contributed by atoms with Crippen molar-refractivity contribution in [2.24, 2.45) is 0 Å². The molecule has 2 heterocycles. The highest BCUT2D eigenvalue weighted by Crippen LogP contribution is 2.46. The molecule has 0 unspecified atom stereocenters. The van der Waals surface area contributed by atoms with Gasteiger partial charge in [0.15, 0.2) is 23.0 Å². The van der Waals surface area contributed by atoms with E-state index < -0.39 is 17.6 Å². The van der Waals surface area contributed by atoms with Crippen molar-refractivity contribution in [2.45, 2.75) is 17.9 Å². The Hall–Kier alpha value is -1.82. The molecule has 2 aliphatic rings. The van der Waals surface area contributed by atoms with Gasteiger partial charge in [0.1, 0.15) is 6.04 Å². The van der Waals surface area contributed by atoms with Gasteiger partial charge in [-0.25, -0.2) is 4.79 Å². The van der Waals surface area contributed by atoms with E-state index in [2.05, 4.69) is 14.5 Å². The number of hydrogen-bond donors (Lipinski definition) is 1. The molecule has 1 aromatic carbocycles. The minimum Gasteiger partial charge on any atom is -0.378 e. The molecule has 2 aliphatic heterocycles. The lowest BCUT2D eigenvalue weighted by molar-refractivity contribution is -0.120. The van der Waals surface area contributed by atoms with Crippen LogP contribution in [0, 0.1) is 11.3 Å². The molecule has 20 heavy (non-hydrogen) atoms. The first-order valence-corrected chi connectivity index (χ1v) is 6.90. The first-order chi connectivity index (χ1) is 9.62. The molecule has 1 fully saturated rings. The van der Waals surface area contributed by atoms with Gasteiger partial charge in [0.25, 0.3) is 0 Å². The standard InChI is InChI=1S/C13H10IN3O3/c14-20-12(19)17-7-13(5-8(17)6-15)9-3-1-2-4-10(9)16-11(13)18/h1-4,8H,5,7H2,(H,16,18)/t8-,13-/m0/s1. The third-order valence-electron chi connectivity index (χ3n) is 3.93. The summed E-state index contributed by atoms with van der Waals surface area (Å²) in [5.41, 5.74) is 0.745. The van der Waals surface area contributed by atoms with Gasteiger partial charge >= 0.3 is 6.09 Å². The number of benzene rings is 1. The van der Waals surface area contributed by atoms with Crippen molar-refractivity contribution in [1.82, 2.24) is 4.90 Å². The Morgan fingerprint density at radius 1 is 1.55 bits per heavy atom. The summed E-state index contributed by atoms with van der Waals surface area (Å²) in [6.07, 6.45) is -0.302. The molecule has 0 aromatic heterocycles. The highest BCUT2D eigenvalue weighted by atomic mass is 127. The van der Waals surface area contributed by atoms with E-state index in [1.165, 1.54) is 27.9 Å². The zero-order valence-electron chi connectivity index (χ0n) is 10.3. The largest absolute Gasteiger partial charge is 0.420 e. The van der Waals surface area contributed by atoms with Crippen molar-refractivity contribution >= 4 is 40.7 Å². The summed E-state index contributed by atoms with van der Waals surface area (Å²) in [5, 5.41) is 12.0. The zero-order chi connectivity index (χ0) is 14.3. The van der Waals surface area contributed by atoms with Crippen LogP contribution in [-0.2, 0) is 13.3 Å². The smallest absolute Gasteiger partial charge is 0.378 e. The predicted octanol–water partition coefficient (Wildman–Crippen LogP) is 1.96. The van der Waals surface area contributed by atoms with Crippen LogP contribution in [0.1, 0.15) is 12.0 Å². The number of hydrogen-bond acceptors (Lipinski definition) is 4. The molecule has 0 radical (unpaired) electrons. The number of para-hydroxylation sites is 1. The Morgan fingerprint density at radius 3 is 3.00 bits per heavy atom. The van der Waals surface area contributed by atoms with E-state index >= 15 is 0 Å². The second-order valence-electron chi connectivity index (χ2n) is 4.90. The van der Waals surface area contributed by atoms with Crippen LogP contribution in [0.25, 0.3) is 0 Å². The molecule has 0 saturated carbocycles. The third-order valence-corrected chi connectivity index (χ3v) is 4.31. The fourth-order valence-electron chi connectivity index (χ4n) is 2.99. The van der Waals surface area contributed by atoms with Crippen LogP contribution in [0.2, 0.25) is 0 Å². The molecule has 6 nitrogen and oxygen atoms in total. The number of rotatable bonds is 0. The average Bonchev–Trinajstić information content (AvgIpc) is 2.99. The van der Waals surface area contributed by atoms with Crippen molar-refractivity contribution in [3.8, 4) is 6.07 Å². The lowest BCUT2D eigenvalue weighted by atomic mass is 9.80. The van der Waals surface area contributed by atoms with Crippen molar-refractivity contribution in [3.05, 3.63) is 29.8 Å². The van der Waals surface area contributed by atoms with Crippen LogP contribution in [0.3, 0.4) is 0 Å². The van der Waals surface area contributed by atoms with Gasteiger partial charge in [-0.15, -0.1) is 0 Å². The summed E-state index contributed by atoms with van der Waals surface area (Å²) in [5.74, 6) is -0.164. The molecule has 1 saturated heterocycles. The van der Waals surface area contributed by atoms with Crippen molar-refractivity contribution in [2.75, 3.05) is 11.9 Å². The Labute approximate surface area is 129 Å². The van der Waals surface area contributed by atoms with E-state index in [0.717, 1.165) is 11.3 Å². The molecule has 7 heteroatoms. The molecule has 0 aliphatic carbocycles. The van der Waals surface area contributed by atoms with Crippen LogP contribution >= 0.6 is 23.0 Å². The number of carbonyl (C=O) groups is 2. The Kier molecular flexibility index (Phi) is 3.05. The molecule has 1 aromatic rings. The van der Waals surface area contributed by atoms with Gasteiger partial charge in [-0.2, -0.15) is 5.26 Å². The molecule has 2 amide bonds. The van der Waals surface area contributed by atoms with E-state index in [0.29, 0.717) is 0 Å². The SMILES string of the molecule is N#C[C@@H]1C[C@@]2(CN1C(=O)OI)C(=O)Nc1ccccc12. The maximum atomic E-state index is 12.4. The van der Waals surface area contributed by atoms with Crippen LogP contribution in [0.5, 0.6) is 0 Å². The minimum atomic E-state index is -0.845. The fourth-order valence-corrected chi connectivity index (χ4v) is 3.24. The van der Waals surface area contributed by atoms with E-state index in [1.54, 1.807) is 0 Å². The van der Waals surface area contributed by atoms with E-state index in [1.807, 2.05) is 24.3 Å². The summed E-state index contributed by atoms with van der Waals surface area (Å²) in [6.45, 7) is 0.163. The van der Waals surface area contributed by atoms with Crippen LogP contribution < -0.4 is 5.32 Å². The number of nitrogens with zero attached hydrogens (tertiary/aromatic N) is 2. The number of fused-ring (bicyclic) bond motifs is 2. The Morgan fingerprint density at radius 2 is 2.30 bits per heavy atom. The maximum Gasteiger partial charge on any atom is 0.420 e. The first kappa shape index (κ1) is 13.2. The van der Waals surface area contributed by atoms with Crippen molar-refractivity contribution in [3.63, 3.8) is 0 Å². The molecule has 1 spiro atoms. The monoisotopic (exact) mass is 383 g/mol. The summed E-state index contributed by atoms with van der Waals surface area (Å²) in [7, 11) is 0. The first-order valence-electron chi connectivity index (χ1n) is 6.02. The van der Waals surface area contributed by atoms with Gasteiger partial charge in [0.2, 0.25) is 5.91 Å². The number of nitriles is 1. The highest BCUT2D eigenvalue weighted by molar-refractivity contribution is 14.1. The average molecular weight is 383 g/mol. The number of halogens is 1. The number of carbonyl (C=O) groups excluding carboxylic acids is 2. The number of anilines is 1. The van der Waals surface area contributed by atoms with Crippen molar-refractivity contribution in [1.29, 1.82) is 5.26 Å². The van der Waals surface area contributed by atoms with Gasteiger partial charge in [-0.05, 0) is 11.6 Å². The van der Waals surface area contributed by atoms with E-state index in [4.69, 9.17) is 0 Å². The quantitative estimate of drug-likeness (QED) is 0.695. The van der Waals surface area contributed by atoms with Crippen LogP contribution in [0.4, 0.5) is 10.5 Å². The summed E-state index contributed by atoms with van der Waals surface area (Å²) in [4.78, 5) is 25.4. The fraction of sp³-hybridized carbons (Fsp3) is 0.308. The molecule has 102 valence electrons. The third kappa shape index (κ3) is 1.67. The molecule has 0 bridgehead atoms. The maximum absolute atomic E-state index is 12.4. The lowest BCUT2D eigenvalue weighted by Crippen LogP contribution is -2.39. The summed E-state index contributed by atoms with van der Waals surface area (Å²) >= 11 is 1.49. The number of likely N-dealkylation sites (tertiary alicyclic amines) is 1. The lowest BCUT2D eigenvalue weighted by Gasteiger charge is -2.21. The van der Waals surface area contributed by atoms with Gasteiger partial charge in [0, 0.05) is 18.7 Å². The van der Waals surface area contributed by atoms with Gasteiger partial charge in [-0.1, -0.05) is 18.2 Å². The number of nitrogens with one attached hydrogen (secondary N) is 1. The molecular formula is C13H10IN3O3. The van der Waals surface area contributed by atoms with E-state index in [-0.39, 0.29) is 18.9 Å². The topological polar surface area (TPSA) is 82.4 Å². The highest BCUT2D eigenvalue weighted by Gasteiger charge is 2.56. The van der Waals surface area contributed by atoms with E-state index in [9.17, 15) is 14.9 Å². The zero-order valence-corrected chi connectivity index (χ0v) is 12.5. The van der Waals surface area contributed by atoms with Crippen LogP contribution in [0.15, 0.2) is 24.3 Å². The second-order valence-corrected chi connectivity index (χ2v) is 5.34.